The van der Waals surface area contributed by atoms with Crippen LogP contribution in [0, 0.1) is 0 Å². The van der Waals surface area contributed by atoms with Crippen molar-refractivity contribution in [1.82, 2.24) is 0 Å². The lowest BCUT2D eigenvalue weighted by atomic mass is 9.88. The van der Waals surface area contributed by atoms with E-state index >= 15 is 0 Å². The van der Waals surface area contributed by atoms with Crippen LogP contribution in [-0.4, -0.2) is 6.54 Å². The Balaban J connectivity index is 3.03. The van der Waals surface area contributed by atoms with Crippen LogP contribution in [0.2, 0.25) is 0 Å². The SMILES string of the molecule is CC(C)c1cccc(C(C)C)c1C=CCCN=[N+]=[N-]. The summed E-state index contributed by atoms with van der Waals surface area (Å²) in [6.45, 7) is 9.40. The van der Waals surface area contributed by atoms with Gasteiger partial charge < -0.3 is 0 Å². The van der Waals surface area contributed by atoms with Crippen LogP contribution in [0.4, 0.5) is 0 Å². The Bertz CT molecular complexity index is 455. The first-order valence-electron chi connectivity index (χ1n) is 6.88. The van der Waals surface area contributed by atoms with Crippen molar-refractivity contribution in [3.05, 3.63) is 51.4 Å². The van der Waals surface area contributed by atoms with Gasteiger partial charge in [0.25, 0.3) is 0 Å². The molecule has 0 saturated carbocycles. The molecule has 0 fully saturated rings. The zero-order chi connectivity index (χ0) is 14.3. The molecule has 0 aliphatic carbocycles. The summed E-state index contributed by atoms with van der Waals surface area (Å²) >= 11 is 0. The summed E-state index contributed by atoms with van der Waals surface area (Å²) in [5.74, 6) is 1.02. The van der Waals surface area contributed by atoms with Gasteiger partial charge in [-0.15, -0.1) is 0 Å². The van der Waals surface area contributed by atoms with Crippen LogP contribution in [0.5, 0.6) is 0 Å². The van der Waals surface area contributed by atoms with Crippen LogP contribution in [0.3, 0.4) is 0 Å². The molecule has 1 aromatic rings. The van der Waals surface area contributed by atoms with Crippen LogP contribution in [0.1, 0.15) is 62.6 Å². The van der Waals surface area contributed by atoms with Crippen molar-refractivity contribution >= 4 is 6.08 Å². The summed E-state index contributed by atoms with van der Waals surface area (Å²) in [7, 11) is 0. The molecule has 3 nitrogen and oxygen atoms in total. The standard InChI is InChI=1S/C16H23N3/c1-12(2)14-9-7-10-15(13(3)4)16(14)8-5-6-11-18-19-17/h5,7-10,12-13H,6,11H2,1-4H3. The number of nitrogens with zero attached hydrogens (tertiary/aromatic N) is 3. The van der Waals surface area contributed by atoms with Gasteiger partial charge in [-0.05, 0) is 40.5 Å². The number of rotatable bonds is 6. The second-order valence-corrected chi connectivity index (χ2v) is 5.31. The molecule has 0 heterocycles. The van der Waals surface area contributed by atoms with Gasteiger partial charge in [0.2, 0.25) is 0 Å². The van der Waals surface area contributed by atoms with E-state index in [4.69, 9.17) is 5.53 Å². The zero-order valence-electron chi connectivity index (χ0n) is 12.3. The van der Waals surface area contributed by atoms with Crippen molar-refractivity contribution in [2.45, 2.75) is 46.0 Å². The van der Waals surface area contributed by atoms with E-state index in [-0.39, 0.29) is 0 Å². The Morgan fingerprint density at radius 2 is 1.74 bits per heavy atom. The van der Waals surface area contributed by atoms with Crippen molar-refractivity contribution in [2.24, 2.45) is 5.11 Å². The first-order chi connectivity index (χ1) is 9.07. The maximum atomic E-state index is 8.25. The Labute approximate surface area is 116 Å². The molecule has 0 aliphatic rings. The molecule has 0 radical (unpaired) electrons. The van der Waals surface area contributed by atoms with Crippen molar-refractivity contribution < 1.29 is 0 Å². The van der Waals surface area contributed by atoms with E-state index in [9.17, 15) is 0 Å². The van der Waals surface area contributed by atoms with E-state index in [2.05, 4.69) is 68.1 Å². The van der Waals surface area contributed by atoms with Gasteiger partial charge in [-0.3, -0.25) is 0 Å². The molecule has 3 heteroatoms. The van der Waals surface area contributed by atoms with Crippen molar-refractivity contribution in [1.29, 1.82) is 0 Å². The minimum absolute atomic E-state index is 0.510. The summed E-state index contributed by atoms with van der Waals surface area (Å²) in [6.07, 6.45) is 5.06. The molecule has 0 atom stereocenters. The van der Waals surface area contributed by atoms with Crippen LogP contribution in [0.25, 0.3) is 16.5 Å². The maximum absolute atomic E-state index is 8.25. The van der Waals surface area contributed by atoms with Crippen LogP contribution < -0.4 is 0 Å². The summed E-state index contributed by atoms with van der Waals surface area (Å²) in [6, 6.07) is 6.54. The lowest BCUT2D eigenvalue weighted by Crippen LogP contribution is -1.99. The van der Waals surface area contributed by atoms with Crippen LogP contribution >= 0.6 is 0 Å². The lowest BCUT2D eigenvalue weighted by molar-refractivity contribution is 0.829. The average Bonchev–Trinajstić information content (AvgIpc) is 2.38. The highest BCUT2D eigenvalue weighted by molar-refractivity contribution is 5.59. The Morgan fingerprint density at radius 3 is 2.21 bits per heavy atom. The van der Waals surface area contributed by atoms with E-state index in [1.165, 1.54) is 16.7 Å². The molecule has 0 amide bonds. The molecule has 19 heavy (non-hydrogen) atoms. The van der Waals surface area contributed by atoms with Gasteiger partial charge >= 0.3 is 0 Å². The molecule has 0 unspecified atom stereocenters. The smallest absolute Gasteiger partial charge is 0.0292 e. The fraction of sp³-hybridized carbons (Fsp3) is 0.500. The molecular weight excluding hydrogens is 234 g/mol. The Kier molecular flexibility index (Phi) is 6.17. The third kappa shape index (κ3) is 4.46. The van der Waals surface area contributed by atoms with E-state index in [0.29, 0.717) is 18.4 Å². The van der Waals surface area contributed by atoms with Crippen molar-refractivity contribution in [3.63, 3.8) is 0 Å². The summed E-state index contributed by atoms with van der Waals surface area (Å²) in [5, 5.41) is 3.55. The molecule has 1 rings (SSSR count). The highest BCUT2D eigenvalue weighted by Gasteiger charge is 2.10. The molecule has 0 aromatic heterocycles. The summed E-state index contributed by atoms with van der Waals surface area (Å²) < 4.78 is 0. The number of benzene rings is 1. The van der Waals surface area contributed by atoms with Gasteiger partial charge in [0.1, 0.15) is 0 Å². The highest BCUT2D eigenvalue weighted by Crippen LogP contribution is 2.28. The van der Waals surface area contributed by atoms with Gasteiger partial charge in [0.05, 0.1) is 0 Å². The third-order valence-corrected chi connectivity index (χ3v) is 3.16. The fourth-order valence-electron chi connectivity index (χ4n) is 2.18. The average molecular weight is 257 g/mol. The normalized spacial score (nSPS) is 11.3. The predicted molar refractivity (Wildman–Crippen MR) is 82.3 cm³/mol. The number of hydrogen-bond acceptors (Lipinski definition) is 1. The Hall–Kier alpha value is -1.73. The van der Waals surface area contributed by atoms with E-state index in [1.54, 1.807) is 0 Å². The molecule has 0 saturated heterocycles. The molecule has 1 aromatic carbocycles. The van der Waals surface area contributed by atoms with E-state index in [1.807, 2.05) is 0 Å². The predicted octanol–water partition coefficient (Wildman–Crippen LogP) is 5.65. The molecule has 0 aliphatic heterocycles. The molecule has 0 N–H and O–H groups in total. The van der Waals surface area contributed by atoms with Gasteiger partial charge in [-0.2, -0.15) is 0 Å². The van der Waals surface area contributed by atoms with Gasteiger partial charge in [0, 0.05) is 11.5 Å². The minimum atomic E-state index is 0.510. The van der Waals surface area contributed by atoms with Crippen LogP contribution in [-0.2, 0) is 0 Å². The third-order valence-electron chi connectivity index (χ3n) is 3.16. The van der Waals surface area contributed by atoms with Crippen molar-refractivity contribution in [2.75, 3.05) is 6.54 Å². The second kappa shape index (κ2) is 7.65. The maximum Gasteiger partial charge on any atom is 0.0292 e. The molecular formula is C16H23N3. The van der Waals surface area contributed by atoms with E-state index < -0.39 is 0 Å². The first kappa shape index (κ1) is 15.3. The van der Waals surface area contributed by atoms with Gasteiger partial charge in [-0.25, -0.2) is 0 Å². The van der Waals surface area contributed by atoms with Gasteiger partial charge in [0.15, 0.2) is 0 Å². The number of azide groups is 1. The molecule has 0 spiro atoms. The molecule has 0 bridgehead atoms. The Morgan fingerprint density at radius 1 is 1.16 bits per heavy atom. The first-order valence-corrected chi connectivity index (χ1v) is 6.88. The highest BCUT2D eigenvalue weighted by atomic mass is 15.1. The quantitative estimate of drug-likeness (QED) is 0.274. The van der Waals surface area contributed by atoms with Gasteiger partial charge in [-0.1, -0.05) is 63.2 Å². The second-order valence-electron chi connectivity index (χ2n) is 5.31. The van der Waals surface area contributed by atoms with E-state index in [0.717, 1.165) is 6.42 Å². The number of hydrogen-bond donors (Lipinski definition) is 0. The minimum Gasteiger partial charge on any atom is -0.0937 e. The fourth-order valence-corrected chi connectivity index (χ4v) is 2.18. The largest absolute Gasteiger partial charge is 0.0937 e. The summed E-state index contributed by atoms with van der Waals surface area (Å²) in [4.78, 5) is 2.76. The monoisotopic (exact) mass is 257 g/mol. The van der Waals surface area contributed by atoms with Crippen LogP contribution in [0.15, 0.2) is 29.4 Å². The topological polar surface area (TPSA) is 48.8 Å². The lowest BCUT2D eigenvalue weighted by Gasteiger charge is -2.17. The zero-order valence-corrected chi connectivity index (χ0v) is 12.3. The van der Waals surface area contributed by atoms with Crippen molar-refractivity contribution in [3.8, 4) is 0 Å². The summed E-state index contributed by atoms with van der Waals surface area (Å²) in [5.41, 5.74) is 12.3. The molecule has 102 valence electrons.